The first-order valence-electron chi connectivity index (χ1n) is 7.96. The number of hydrogen-bond acceptors (Lipinski definition) is 5. The standard InChI is InChI=1S/C17H20F3N3O4/c1-16(2,3)27-15(26)21-9-10-5-4-6-11(7-10)23-12(14(24)25)8-13(22-23)17(18,19)20/h4-8,14,24-25H,9H2,1-3H3,(H,21,26). The molecule has 1 aromatic heterocycles. The van der Waals surface area contributed by atoms with Crippen LogP contribution >= 0.6 is 0 Å². The summed E-state index contributed by atoms with van der Waals surface area (Å²) in [5, 5.41) is 24.7. The van der Waals surface area contributed by atoms with E-state index < -0.39 is 35.5 Å². The third-order valence-corrected chi connectivity index (χ3v) is 3.28. The van der Waals surface area contributed by atoms with Crippen molar-refractivity contribution in [1.29, 1.82) is 0 Å². The van der Waals surface area contributed by atoms with Crippen LogP contribution in [0.25, 0.3) is 5.69 Å². The molecule has 0 aliphatic rings. The van der Waals surface area contributed by atoms with Crippen molar-refractivity contribution in [3.8, 4) is 5.69 Å². The van der Waals surface area contributed by atoms with Crippen molar-refractivity contribution in [3.05, 3.63) is 47.3 Å². The molecule has 3 N–H and O–H groups in total. The van der Waals surface area contributed by atoms with E-state index in [4.69, 9.17) is 4.74 Å². The average molecular weight is 387 g/mol. The van der Waals surface area contributed by atoms with Crippen molar-refractivity contribution < 1.29 is 32.9 Å². The summed E-state index contributed by atoms with van der Waals surface area (Å²) in [5.74, 6) is 0. The molecule has 0 spiro atoms. The lowest BCUT2D eigenvalue weighted by atomic mass is 10.2. The largest absolute Gasteiger partial charge is 0.444 e. The molecule has 10 heteroatoms. The number of rotatable bonds is 4. The third-order valence-electron chi connectivity index (χ3n) is 3.28. The number of benzene rings is 1. The predicted octanol–water partition coefficient (Wildman–Crippen LogP) is 2.90. The first-order valence-corrected chi connectivity index (χ1v) is 7.96. The zero-order valence-electron chi connectivity index (χ0n) is 14.9. The Hall–Kier alpha value is -2.59. The molecule has 7 nitrogen and oxygen atoms in total. The lowest BCUT2D eigenvalue weighted by Gasteiger charge is -2.19. The second kappa shape index (κ2) is 7.57. The van der Waals surface area contributed by atoms with Gasteiger partial charge in [0.05, 0.1) is 5.69 Å². The molecule has 0 saturated heterocycles. The van der Waals surface area contributed by atoms with E-state index in [1.54, 1.807) is 32.9 Å². The molecule has 0 bridgehead atoms. The molecule has 2 aromatic rings. The minimum absolute atomic E-state index is 0.0627. The molecule has 0 aliphatic heterocycles. The summed E-state index contributed by atoms with van der Waals surface area (Å²) in [4.78, 5) is 11.7. The summed E-state index contributed by atoms with van der Waals surface area (Å²) in [6, 6.07) is 6.68. The van der Waals surface area contributed by atoms with Crippen LogP contribution in [0.15, 0.2) is 30.3 Å². The zero-order chi connectivity index (χ0) is 20.4. The first-order chi connectivity index (χ1) is 12.4. The Morgan fingerprint density at radius 3 is 2.48 bits per heavy atom. The van der Waals surface area contributed by atoms with E-state index in [-0.39, 0.29) is 12.2 Å². The Balaban J connectivity index is 2.25. The van der Waals surface area contributed by atoms with Crippen molar-refractivity contribution in [3.63, 3.8) is 0 Å². The van der Waals surface area contributed by atoms with E-state index in [1.165, 1.54) is 12.1 Å². The van der Waals surface area contributed by atoms with E-state index in [0.29, 0.717) is 11.6 Å². The molecule has 0 unspecified atom stereocenters. The van der Waals surface area contributed by atoms with Gasteiger partial charge < -0.3 is 20.3 Å². The highest BCUT2D eigenvalue weighted by Crippen LogP contribution is 2.31. The Morgan fingerprint density at radius 2 is 1.93 bits per heavy atom. The van der Waals surface area contributed by atoms with E-state index in [9.17, 15) is 28.2 Å². The summed E-state index contributed by atoms with van der Waals surface area (Å²) in [5.41, 5.74) is -1.61. The molecule has 0 saturated carbocycles. The SMILES string of the molecule is CC(C)(C)OC(=O)NCc1cccc(-n2nc(C(F)(F)F)cc2C(O)O)c1. The topological polar surface area (TPSA) is 96.6 Å². The molecule has 2 rings (SSSR count). The van der Waals surface area contributed by atoms with Gasteiger partial charge in [0.25, 0.3) is 0 Å². The summed E-state index contributed by atoms with van der Waals surface area (Å²) in [6.07, 6.45) is -7.51. The van der Waals surface area contributed by atoms with Crippen LogP contribution in [0, 0.1) is 0 Å². The number of aliphatic hydroxyl groups is 2. The van der Waals surface area contributed by atoms with Gasteiger partial charge >= 0.3 is 12.3 Å². The molecule has 0 atom stereocenters. The number of amides is 1. The lowest BCUT2D eigenvalue weighted by Crippen LogP contribution is -2.32. The molecule has 148 valence electrons. The van der Waals surface area contributed by atoms with Crippen molar-refractivity contribution in [2.75, 3.05) is 0 Å². The summed E-state index contributed by atoms with van der Waals surface area (Å²) >= 11 is 0. The molecule has 1 aromatic carbocycles. The van der Waals surface area contributed by atoms with Crippen LogP contribution in [0.4, 0.5) is 18.0 Å². The van der Waals surface area contributed by atoms with E-state index in [1.807, 2.05) is 0 Å². The van der Waals surface area contributed by atoms with Crippen molar-refractivity contribution in [2.45, 2.75) is 45.4 Å². The van der Waals surface area contributed by atoms with Gasteiger partial charge in [0.15, 0.2) is 12.0 Å². The fourth-order valence-corrected chi connectivity index (χ4v) is 2.21. The number of carbonyl (C=O) groups is 1. The lowest BCUT2D eigenvalue weighted by molar-refractivity contribution is -0.141. The predicted molar refractivity (Wildman–Crippen MR) is 88.8 cm³/mol. The summed E-state index contributed by atoms with van der Waals surface area (Å²) in [6.45, 7) is 5.20. The van der Waals surface area contributed by atoms with Gasteiger partial charge in [0, 0.05) is 6.54 Å². The van der Waals surface area contributed by atoms with Crippen LogP contribution in [-0.2, 0) is 17.5 Å². The van der Waals surface area contributed by atoms with Crippen molar-refractivity contribution in [2.24, 2.45) is 0 Å². The Labute approximate surface area is 153 Å². The molecule has 0 radical (unpaired) electrons. The van der Waals surface area contributed by atoms with Crippen LogP contribution in [-0.4, -0.2) is 31.7 Å². The van der Waals surface area contributed by atoms with E-state index in [2.05, 4.69) is 10.4 Å². The highest BCUT2D eigenvalue weighted by Gasteiger charge is 2.36. The molecule has 0 aliphatic carbocycles. The minimum atomic E-state index is -4.73. The van der Waals surface area contributed by atoms with Crippen LogP contribution in [0.5, 0.6) is 0 Å². The Bertz CT molecular complexity index is 810. The highest BCUT2D eigenvalue weighted by molar-refractivity contribution is 5.67. The smallest absolute Gasteiger partial charge is 0.435 e. The fraction of sp³-hybridized carbons (Fsp3) is 0.412. The number of alkyl halides is 3. The molecular weight excluding hydrogens is 367 g/mol. The van der Waals surface area contributed by atoms with Crippen LogP contribution < -0.4 is 5.32 Å². The molecule has 0 fully saturated rings. The van der Waals surface area contributed by atoms with Crippen LogP contribution in [0.2, 0.25) is 0 Å². The minimum Gasteiger partial charge on any atom is -0.444 e. The maximum atomic E-state index is 12.9. The Morgan fingerprint density at radius 1 is 1.26 bits per heavy atom. The van der Waals surface area contributed by atoms with Gasteiger partial charge in [-0.25, -0.2) is 9.48 Å². The van der Waals surface area contributed by atoms with Crippen molar-refractivity contribution in [1.82, 2.24) is 15.1 Å². The normalized spacial score (nSPS) is 12.3. The molecule has 1 amide bonds. The number of nitrogens with zero attached hydrogens (tertiary/aromatic N) is 2. The number of alkyl carbamates (subject to hydrolysis) is 1. The molecule has 1 heterocycles. The first kappa shape index (κ1) is 20.7. The average Bonchev–Trinajstić information content (AvgIpc) is 2.97. The van der Waals surface area contributed by atoms with Gasteiger partial charge in [-0.05, 0) is 44.5 Å². The highest BCUT2D eigenvalue weighted by atomic mass is 19.4. The second-order valence-electron chi connectivity index (χ2n) is 6.76. The van der Waals surface area contributed by atoms with Gasteiger partial charge in [-0.1, -0.05) is 12.1 Å². The number of aliphatic hydroxyl groups excluding tert-OH is 1. The molecule has 27 heavy (non-hydrogen) atoms. The van der Waals surface area contributed by atoms with Crippen LogP contribution in [0.1, 0.15) is 44.0 Å². The molecular formula is C17H20F3N3O4. The van der Waals surface area contributed by atoms with Gasteiger partial charge in [-0.3, -0.25) is 0 Å². The van der Waals surface area contributed by atoms with Gasteiger partial charge in [0.1, 0.15) is 11.3 Å². The number of nitrogens with one attached hydrogen (secondary N) is 1. The maximum Gasteiger partial charge on any atom is 0.435 e. The number of carbonyl (C=O) groups excluding carboxylic acids is 1. The zero-order valence-corrected chi connectivity index (χ0v) is 14.9. The monoisotopic (exact) mass is 387 g/mol. The van der Waals surface area contributed by atoms with Crippen LogP contribution in [0.3, 0.4) is 0 Å². The number of aromatic nitrogens is 2. The van der Waals surface area contributed by atoms with Gasteiger partial charge in [0.2, 0.25) is 0 Å². The van der Waals surface area contributed by atoms with E-state index >= 15 is 0 Å². The summed E-state index contributed by atoms with van der Waals surface area (Å²) in [7, 11) is 0. The second-order valence-corrected chi connectivity index (χ2v) is 6.76. The van der Waals surface area contributed by atoms with Crippen molar-refractivity contribution >= 4 is 6.09 Å². The fourth-order valence-electron chi connectivity index (χ4n) is 2.21. The number of halogens is 3. The number of hydrogen-bond donors (Lipinski definition) is 3. The van der Waals surface area contributed by atoms with Gasteiger partial charge in [-0.15, -0.1) is 0 Å². The quantitative estimate of drug-likeness (QED) is 0.701. The number of ether oxygens (including phenoxy) is 1. The Kier molecular flexibility index (Phi) is 5.81. The van der Waals surface area contributed by atoms with E-state index in [0.717, 1.165) is 4.68 Å². The third kappa shape index (κ3) is 5.69. The van der Waals surface area contributed by atoms with Gasteiger partial charge in [-0.2, -0.15) is 18.3 Å². The summed E-state index contributed by atoms with van der Waals surface area (Å²) < 4.78 is 44.6. The maximum absolute atomic E-state index is 12.9.